The lowest BCUT2D eigenvalue weighted by atomic mass is 9.88. The first-order chi connectivity index (χ1) is 13.9. The van der Waals surface area contributed by atoms with Crippen molar-refractivity contribution in [2.75, 3.05) is 23.5 Å². The molecular weight excluding hydrogens is 408 g/mol. The van der Waals surface area contributed by atoms with E-state index in [2.05, 4.69) is 17.6 Å². The van der Waals surface area contributed by atoms with Crippen molar-refractivity contribution in [2.45, 2.75) is 38.0 Å². The molecule has 1 aromatic heterocycles. The van der Waals surface area contributed by atoms with Crippen molar-refractivity contribution in [3.8, 4) is 0 Å². The number of fused-ring (bicyclic) bond motifs is 1. The van der Waals surface area contributed by atoms with Gasteiger partial charge < -0.3 is 15.4 Å². The van der Waals surface area contributed by atoms with E-state index >= 15 is 0 Å². The highest BCUT2D eigenvalue weighted by Gasteiger charge is 2.28. The van der Waals surface area contributed by atoms with Crippen LogP contribution in [0.1, 0.15) is 41.1 Å². The van der Waals surface area contributed by atoms with Crippen LogP contribution in [-0.4, -0.2) is 30.6 Å². The minimum Gasteiger partial charge on any atom is -0.465 e. The number of methoxy groups -OCH3 is 1. The Hall–Kier alpha value is -2.32. The molecule has 29 heavy (non-hydrogen) atoms. The van der Waals surface area contributed by atoms with Crippen LogP contribution >= 0.6 is 23.1 Å². The largest absolute Gasteiger partial charge is 0.465 e. The average molecular weight is 433 g/mol. The number of carbonyl (C=O) groups excluding carboxylic acids is 3. The molecule has 3 rings (SSSR count). The van der Waals surface area contributed by atoms with Crippen LogP contribution in [0, 0.1) is 5.92 Å². The van der Waals surface area contributed by atoms with Gasteiger partial charge in [-0.1, -0.05) is 13.0 Å². The van der Waals surface area contributed by atoms with Crippen molar-refractivity contribution >= 4 is 51.6 Å². The third kappa shape index (κ3) is 5.39. The quantitative estimate of drug-likeness (QED) is 0.524. The van der Waals surface area contributed by atoms with E-state index in [0.717, 1.165) is 34.6 Å². The van der Waals surface area contributed by atoms with Crippen LogP contribution in [0.15, 0.2) is 29.2 Å². The number of nitrogens with one attached hydrogen (secondary N) is 2. The van der Waals surface area contributed by atoms with Crippen LogP contribution in [0.25, 0.3) is 0 Å². The van der Waals surface area contributed by atoms with Gasteiger partial charge in [-0.15, -0.1) is 23.1 Å². The average Bonchev–Trinajstić information content (AvgIpc) is 3.02. The van der Waals surface area contributed by atoms with Crippen LogP contribution < -0.4 is 10.6 Å². The zero-order valence-electron chi connectivity index (χ0n) is 16.7. The molecule has 1 aromatic carbocycles. The summed E-state index contributed by atoms with van der Waals surface area (Å²) in [6, 6.07) is 7.33. The first kappa shape index (κ1) is 21.4. The fourth-order valence-corrected chi connectivity index (χ4v) is 5.51. The summed E-state index contributed by atoms with van der Waals surface area (Å²) in [5.74, 6) is 0.0425. The highest BCUT2D eigenvalue weighted by Crippen LogP contribution is 2.40. The molecule has 0 aliphatic heterocycles. The summed E-state index contributed by atoms with van der Waals surface area (Å²) in [4.78, 5) is 38.1. The van der Waals surface area contributed by atoms with Crippen LogP contribution in [0.3, 0.4) is 0 Å². The molecular formula is C21H24N2O4S2. The maximum Gasteiger partial charge on any atom is 0.341 e. The lowest BCUT2D eigenvalue weighted by Gasteiger charge is -2.18. The Morgan fingerprint density at radius 3 is 2.79 bits per heavy atom. The molecule has 2 amide bonds. The van der Waals surface area contributed by atoms with Crippen LogP contribution in [-0.2, 0) is 27.2 Å². The minimum atomic E-state index is -0.400. The number of carbonyl (C=O) groups is 3. The summed E-state index contributed by atoms with van der Waals surface area (Å²) in [6.07, 6.45) is 2.78. The van der Waals surface area contributed by atoms with Gasteiger partial charge in [0.2, 0.25) is 11.8 Å². The van der Waals surface area contributed by atoms with Gasteiger partial charge >= 0.3 is 5.97 Å². The summed E-state index contributed by atoms with van der Waals surface area (Å²) in [6.45, 7) is 3.65. The Kier molecular flexibility index (Phi) is 6.97. The molecule has 0 saturated carbocycles. The molecule has 8 heteroatoms. The number of ether oxygens (including phenoxy) is 1. The molecule has 0 fully saturated rings. The zero-order valence-corrected chi connectivity index (χ0v) is 18.3. The number of esters is 1. The number of thiophene rings is 1. The smallest absolute Gasteiger partial charge is 0.341 e. The van der Waals surface area contributed by atoms with Crippen molar-refractivity contribution in [3.05, 3.63) is 40.3 Å². The number of rotatable bonds is 6. The lowest BCUT2D eigenvalue weighted by Crippen LogP contribution is -2.17. The van der Waals surface area contributed by atoms with Crippen molar-refractivity contribution < 1.29 is 19.1 Å². The maximum absolute atomic E-state index is 12.5. The fraction of sp³-hybridized carbons (Fsp3) is 0.381. The predicted octanol–water partition coefficient (Wildman–Crippen LogP) is 4.35. The molecule has 1 unspecified atom stereocenters. The second-order valence-electron chi connectivity index (χ2n) is 7.09. The molecule has 1 atom stereocenters. The van der Waals surface area contributed by atoms with Crippen molar-refractivity contribution in [2.24, 2.45) is 5.92 Å². The molecule has 1 aliphatic carbocycles. The molecule has 1 heterocycles. The Bertz CT molecular complexity index is 939. The Morgan fingerprint density at radius 1 is 1.28 bits per heavy atom. The first-order valence-electron chi connectivity index (χ1n) is 9.40. The van der Waals surface area contributed by atoms with Gasteiger partial charge in [-0.05, 0) is 48.9 Å². The second kappa shape index (κ2) is 9.45. The van der Waals surface area contributed by atoms with Crippen molar-refractivity contribution in [3.63, 3.8) is 0 Å². The topological polar surface area (TPSA) is 84.5 Å². The van der Waals surface area contributed by atoms with E-state index in [1.807, 2.05) is 18.2 Å². The Balaban J connectivity index is 1.69. The SMILES string of the molecule is COC(=O)c1c(NC(=O)CSc2cccc(NC(C)=O)c2)sc2c1CCC(C)C2. The van der Waals surface area contributed by atoms with E-state index in [1.54, 1.807) is 6.07 Å². The van der Waals surface area contributed by atoms with E-state index in [1.165, 1.54) is 37.1 Å². The maximum atomic E-state index is 12.5. The number of amides is 2. The number of thioether (sulfide) groups is 1. The van der Waals surface area contributed by atoms with Crippen LogP contribution in [0.5, 0.6) is 0 Å². The molecule has 0 saturated heterocycles. The Labute approximate surface area is 178 Å². The van der Waals surface area contributed by atoms with E-state index in [9.17, 15) is 14.4 Å². The third-order valence-corrected chi connectivity index (χ3v) is 6.84. The monoisotopic (exact) mass is 432 g/mol. The number of hydrogen-bond acceptors (Lipinski definition) is 6. The summed E-state index contributed by atoms with van der Waals surface area (Å²) in [5, 5.41) is 6.21. The van der Waals surface area contributed by atoms with Gasteiger partial charge in [0.25, 0.3) is 0 Å². The predicted molar refractivity (Wildman–Crippen MR) is 117 cm³/mol. The van der Waals surface area contributed by atoms with Crippen LogP contribution in [0.2, 0.25) is 0 Å². The van der Waals surface area contributed by atoms with E-state index in [0.29, 0.717) is 22.2 Å². The van der Waals surface area contributed by atoms with Gasteiger partial charge in [0.1, 0.15) is 5.00 Å². The highest BCUT2D eigenvalue weighted by atomic mass is 32.2. The number of benzene rings is 1. The lowest BCUT2D eigenvalue weighted by molar-refractivity contribution is -0.114. The number of anilines is 2. The highest BCUT2D eigenvalue weighted by molar-refractivity contribution is 8.00. The third-order valence-electron chi connectivity index (χ3n) is 4.68. The molecule has 0 radical (unpaired) electrons. The summed E-state index contributed by atoms with van der Waals surface area (Å²) < 4.78 is 4.96. The summed E-state index contributed by atoms with van der Waals surface area (Å²) >= 11 is 2.85. The van der Waals surface area contributed by atoms with Crippen LogP contribution in [0.4, 0.5) is 10.7 Å². The number of hydrogen-bond donors (Lipinski definition) is 2. The Morgan fingerprint density at radius 2 is 2.07 bits per heavy atom. The van der Waals surface area contributed by atoms with Crippen molar-refractivity contribution in [1.29, 1.82) is 0 Å². The minimum absolute atomic E-state index is 0.142. The standard InChI is InChI=1S/C21H24N2O4S2/c1-12-7-8-16-17(9-12)29-20(19(16)21(26)27-3)23-18(25)11-28-15-6-4-5-14(10-15)22-13(2)24/h4-6,10,12H,7-9,11H2,1-3H3,(H,22,24)(H,23,25). The molecule has 0 bridgehead atoms. The normalized spacial score (nSPS) is 15.3. The van der Waals surface area contributed by atoms with E-state index in [4.69, 9.17) is 4.74 Å². The van der Waals surface area contributed by atoms with Gasteiger partial charge in [0, 0.05) is 22.4 Å². The molecule has 154 valence electrons. The molecule has 2 N–H and O–H groups in total. The van der Waals surface area contributed by atoms with Gasteiger partial charge in [0.05, 0.1) is 18.4 Å². The molecule has 1 aliphatic rings. The van der Waals surface area contributed by atoms with E-state index in [-0.39, 0.29) is 17.6 Å². The first-order valence-corrected chi connectivity index (χ1v) is 11.2. The van der Waals surface area contributed by atoms with Crippen molar-refractivity contribution in [1.82, 2.24) is 0 Å². The van der Waals surface area contributed by atoms with Gasteiger partial charge in [-0.25, -0.2) is 4.79 Å². The van der Waals surface area contributed by atoms with E-state index < -0.39 is 5.97 Å². The molecule has 0 spiro atoms. The second-order valence-corrected chi connectivity index (χ2v) is 9.25. The molecule has 6 nitrogen and oxygen atoms in total. The summed E-state index contributed by atoms with van der Waals surface area (Å²) in [7, 11) is 1.36. The fourth-order valence-electron chi connectivity index (χ4n) is 3.34. The van der Waals surface area contributed by atoms with Gasteiger partial charge in [-0.3, -0.25) is 9.59 Å². The summed E-state index contributed by atoms with van der Waals surface area (Å²) in [5.41, 5.74) is 2.22. The van der Waals surface area contributed by atoms with Gasteiger partial charge in [0.15, 0.2) is 0 Å². The molecule has 2 aromatic rings. The zero-order chi connectivity index (χ0) is 21.0. The van der Waals surface area contributed by atoms with Gasteiger partial charge in [-0.2, -0.15) is 0 Å².